The van der Waals surface area contributed by atoms with Gasteiger partial charge in [-0.1, -0.05) is 6.08 Å². The van der Waals surface area contributed by atoms with Gasteiger partial charge in [-0.3, -0.25) is 4.79 Å². The van der Waals surface area contributed by atoms with Gasteiger partial charge in [0.15, 0.2) is 5.78 Å². The molecule has 1 aromatic rings. The summed E-state index contributed by atoms with van der Waals surface area (Å²) in [6.45, 7) is 0. The minimum absolute atomic E-state index is 0.198. The third-order valence-corrected chi connectivity index (χ3v) is 3.08. The predicted molar refractivity (Wildman–Crippen MR) is 67.2 cm³/mol. The van der Waals surface area contributed by atoms with E-state index in [-0.39, 0.29) is 5.78 Å². The summed E-state index contributed by atoms with van der Waals surface area (Å²) in [4.78, 5) is 12.3. The smallest absolute Gasteiger partial charge is 0.195 e. The molecule has 0 saturated carbocycles. The van der Waals surface area contributed by atoms with Crippen LogP contribution in [0.5, 0.6) is 11.5 Å². The first kappa shape index (κ1) is 12.6. The lowest BCUT2D eigenvalue weighted by atomic mass is 10.00. The first-order valence-corrected chi connectivity index (χ1v) is 5.82. The summed E-state index contributed by atoms with van der Waals surface area (Å²) in [5, 5.41) is 9.75. The summed E-state index contributed by atoms with van der Waals surface area (Å²) in [5.74, 6) is 0.879. The summed E-state index contributed by atoms with van der Waals surface area (Å²) in [5.41, 5.74) is 0.866. The highest BCUT2D eigenvalue weighted by atomic mass is 16.5. The molecule has 1 unspecified atom stereocenters. The average molecular weight is 248 g/mol. The van der Waals surface area contributed by atoms with E-state index in [0.29, 0.717) is 29.1 Å². The number of hydrogen-bond donors (Lipinski definition) is 1. The molecule has 0 bridgehead atoms. The maximum Gasteiger partial charge on any atom is 0.195 e. The van der Waals surface area contributed by atoms with Gasteiger partial charge < -0.3 is 14.6 Å². The van der Waals surface area contributed by atoms with E-state index in [9.17, 15) is 9.90 Å². The minimum Gasteiger partial charge on any atom is -0.497 e. The van der Waals surface area contributed by atoms with Gasteiger partial charge >= 0.3 is 0 Å². The summed E-state index contributed by atoms with van der Waals surface area (Å²) < 4.78 is 10.3. The Balaban J connectivity index is 2.39. The molecule has 4 nitrogen and oxygen atoms in total. The van der Waals surface area contributed by atoms with Gasteiger partial charge in [-0.15, -0.1) is 0 Å². The average Bonchev–Trinajstić information content (AvgIpc) is 2.83. The van der Waals surface area contributed by atoms with Crippen LogP contribution in [0.2, 0.25) is 0 Å². The van der Waals surface area contributed by atoms with Crippen LogP contribution in [-0.2, 0) is 0 Å². The van der Waals surface area contributed by atoms with Crippen molar-refractivity contribution in [2.45, 2.75) is 18.9 Å². The molecule has 1 atom stereocenters. The highest BCUT2D eigenvalue weighted by Gasteiger charge is 2.26. The molecule has 4 heteroatoms. The molecule has 0 aliphatic heterocycles. The van der Waals surface area contributed by atoms with E-state index in [4.69, 9.17) is 9.47 Å². The topological polar surface area (TPSA) is 55.8 Å². The second kappa shape index (κ2) is 5.23. The molecule has 0 heterocycles. The van der Waals surface area contributed by atoms with E-state index in [0.717, 1.165) is 6.42 Å². The van der Waals surface area contributed by atoms with Crippen molar-refractivity contribution in [1.82, 2.24) is 0 Å². The number of carbonyl (C=O) groups excluding carboxylic acids is 1. The first-order valence-electron chi connectivity index (χ1n) is 5.82. The Hall–Kier alpha value is -1.81. The van der Waals surface area contributed by atoms with Gasteiger partial charge in [0.1, 0.15) is 11.5 Å². The van der Waals surface area contributed by atoms with E-state index in [1.54, 1.807) is 31.4 Å². The van der Waals surface area contributed by atoms with Gasteiger partial charge in [-0.05, 0) is 31.0 Å². The molecular weight excluding hydrogens is 232 g/mol. The monoisotopic (exact) mass is 248 g/mol. The fourth-order valence-corrected chi connectivity index (χ4v) is 2.08. The lowest BCUT2D eigenvalue weighted by Crippen LogP contribution is -2.15. The molecule has 1 aliphatic rings. The van der Waals surface area contributed by atoms with Gasteiger partial charge in [0.2, 0.25) is 0 Å². The van der Waals surface area contributed by atoms with E-state index < -0.39 is 6.10 Å². The fraction of sp³-hybridized carbons (Fsp3) is 0.357. The predicted octanol–water partition coefficient (Wildman–Crippen LogP) is 1.97. The number of aliphatic hydroxyl groups excluding tert-OH is 1. The molecule has 0 amide bonds. The maximum atomic E-state index is 12.3. The number of ketones is 1. The molecule has 2 rings (SSSR count). The Labute approximate surface area is 106 Å². The third kappa shape index (κ3) is 2.24. The molecule has 0 saturated heterocycles. The zero-order valence-corrected chi connectivity index (χ0v) is 10.5. The second-order valence-electron chi connectivity index (χ2n) is 4.15. The zero-order chi connectivity index (χ0) is 13.1. The third-order valence-electron chi connectivity index (χ3n) is 3.08. The lowest BCUT2D eigenvalue weighted by Gasteiger charge is -2.12. The van der Waals surface area contributed by atoms with Gasteiger partial charge in [-0.25, -0.2) is 0 Å². The van der Waals surface area contributed by atoms with Crippen LogP contribution in [0.25, 0.3) is 0 Å². The van der Waals surface area contributed by atoms with E-state index >= 15 is 0 Å². The molecule has 1 aromatic carbocycles. The van der Waals surface area contributed by atoms with Crippen LogP contribution in [0.3, 0.4) is 0 Å². The molecule has 0 radical (unpaired) electrons. The molecular formula is C14H16O4. The van der Waals surface area contributed by atoms with Gasteiger partial charge in [0, 0.05) is 5.57 Å². The molecule has 0 aromatic heterocycles. The second-order valence-corrected chi connectivity index (χ2v) is 4.15. The number of rotatable bonds is 4. The molecule has 1 N–H and O–H groups in total. The van der Waals surface area contributed by atoms with Crippen molar-refractivity contribution in [2.24, 2.45) is 0 Å². The highest BCUT2D eigenvalue weighted by molar-refractivity contribution is 6.11. The number of hydrogen-bond acceptors (Lipinski definition) is 4. The minimum atomic E-state index is -0.673. The van der Waals surface area contributed by atoms with Crippen molar-refractivity contribution in [3.05, 3.63) is 35.4 Å². The normalized spacial score (nSPS) is 18.4. The van der Waals surface area contributed by atoms with E-state index in [1.165, 1.54) is 7.11 Å². The maximum absolute atomic E-state index is 12.3. The van der Waals surface area contributed by atoms with Crippen LogP contribution in [-0.4, -0.2) is 31.2 Å². The SMILES string of the molecule is COc1ccc(OC)c(C(=O)C2=CCCC2O)c1. The number of ether oxygens (including phenoxy) is 2. The Bertz CT molecular complexity index is 491. The van der Waals surface area contributed by atoms with Crippen molar-refractivity contribution >= 4 is 5.78 Å². The van der Waals surface area contributed by atoms with Crippen molar-refractivity contribution in [2.75, 3.05) is 14.2 Å². The van der Waals surface area contributed by atoms with Crippen LogP contribution in [0.15, 0.2) is 29.8 Å². The Kier molecular flexibility index (Phi) is 3.67. The molecule has 1 aliphatic carbocycles. The zero-order valence-electron chi connectivity index (χ0n) is 10.5. The van der Waals surface area contributed by atoms with Crippen molar-refractivity contribution in [3.63, 3.8) is 0 Å². The fourth-order valence-electron chi connectivity index (χ4n) is 2.08. The van der Waals surface area contributed by atoms with E-state index in [2.05, 4.69) is 0 Å². The highest BCUT2D eigenvalue weighted by Crippen LogP contribution is 2.29. The number of Topliss-reactive ketones (excluding diaryl/α,β-unsaturated/α-hetero) is 1. The van der Waals surface area contributed by atoms with Crippen LogP contribution >= 0.6 is 0 Å². The Morgan fingerprint density at radius 1 is 1.33 bits per heavy atom. The first-order chi connectivity index (χ1) is 8.67. The Morgan fingerprint density at radius 3 is 2.67 bits per heavy atom. The number of methoxy groups -OCH3 is 2. The number of allylic oxidation sites excluding steroid dienone is 1. The number of aliphatic hydroxyl groups is 1. The van der Waals surface area contributed by atoms with Crippen molar-refractivity contribution in [3.8, 4) is 11.5 Å². The van der Waals surface area contributed by atoms with Crippen molar-refractivity contribution in [1.29, 1.82) is 0 Å². The van der Waals surface area contributed by atoms with Gasteiger partial charge in [-0.2, -0.15) is 0 Å². The number of carbonyl (C=O) groups is 1. The molecule has 0 spiro atoms. The summed E-state index contributed by atoms with van der Waals surface area (Å²) >= 11 is 0. The van der Waals surface area contributed by atoms with Crippen LogP contribution < -0.4 is 9.47 Å². The molecule has 96 valence electrons. The van der Waals surface area contributed by atoms with Gasteiger partial charge in [0.25, 0.3) is 0 Å². The van der Waals surface area contributed by atoms with Crippen LogP contribution in [0.1, 0.15) is 23.2 Å². The van der Waals surface area contributed by atoms with Gasteiger partial charge in [0.05, 0.1) is 25.9 Å². The largest absolute Gasteiger partial charge is 0.497 e. The Morgan fingerprint density at radius 2 is 2.11 bits per heavy atom. The summed E-state index contributed by atoms with van der Waals surface area (Å²) in [6, 6.07) is 5.05. The lowest BCUT2D eigenvalue weighted by molar-refractivity contribution is 0.0989. The molecule has 0 fully saturated rings. The summed E-state index contributed by atoms with van der Waals surface area (Å²) in [7, 11) is 3.05. The number of benzene rings is 1. The van der Waals surface area contributed by atoms with Crippen molar-refractivity contribution < 1.29 is 19.4 Å². The quantitative estimate of drug-likeness (QED) is 0.828. The summed E-state index contributed by atoms with van der Waals surface area (Å²) in [6.07, 6.45) is 2.45. The van der Waals surface area contributed by atoms with Crippen LogP contribution in [0.4, 0.5) is 0 Å². The molecule has 18 heavy (non-hydrogen) atoms. The van der Waals surface area contributed by atoms with E-state index in [1.807, 2.05) is 0 Å². The van der Waals surface area contributed by atoms with Crippen LogP contribution in [0, 0.1) is 0 Å². The standard InChI is InChI=1S/C14H16O4/c1-17-9-6-7-13(18-2)11(8-9)14(16)10-4-3-5-12(10)15/h4,6-8,12,15H,3,5H2,1-2H3.